The van der Waals surface area contributed by atoms with Crippen molar-refractivity contribution in [3.63, 3.8) is 0 Å². The van der Waals surface area contributed by atoms with Gasteiger partial charge in [0.25, 0.3) is 0 Å². The Kier molecular flexibility index (Phi) is 3.89. The Morgan fingerprint density at radius 2 is 1.94 bits per heavy atom. The van der Waals surface area contributed by atoms with Crippen LogP contribution in [0.1, 0.15) is 18.5 Å². The van der Waals surface area contributed by atoms with Crippen molar-refractivity contribution in [3.8, 4) is 0 Å². The van der Waals surface area contributed by atoms with Crippen molar-refractivity contribution in [2.24, 2.45) is 0 Å². The number of nitrogens with one attached hydrogen (secondary N) is 1. The highest BCUT2D eigenvalue weighted by atomic mass is 35.5. The van der Waals surface area contributed by atoms with E-state index in [-0.39, 0.29) is 12.0 Å². The van der Waals surface area contributed by atoms with Crippen molar-refractivity contribution >= 4 is 35.0 Å². The molecule has 0 radical (unpaired) electrons. The third kappa shape index (κ3) is 2.83. The fourth-order valence-electron chi connectivity index (χ4n) is 1.59. The van der Waals surface area contributed by atoms with Crippen LogP contribution >= 0.6 is 23.2 Å². The molecule has 1 heterocycles. The molecular weight excluding hydrogens is 271 g/mol. The van der Waals surface area contributed by atoms with Crippen LogP contribution in [0.2, 0.25) is 10.0 Å². The largest absolute Gasteiger partial charge is 0.368 e. The molecule has 3 N–H and O–H groups in total. The van der Waals surface area contributed by atoms with Crippen LogP contribution in [0.3, 0.4) is 0 Å². The van der Waals surface area contributed by atoms with Crippen LogP contribution in [0.25, 0.3) is 0 Å². The fraction of sp³-hybridized carbons (Fsp3) is 0.167. The molecule has 0 aliphatic rings. The van der Waals surface area contributed by atoms with Gasteiger partial charge in [-0.3, -0.25) is 0 Å². The van der Waals surface area contributed by atoms with Gasteiger partial charge in [0, 0.05) is 5.02 Å². The zero-order chi connectivity index (χ0) is 13.1. The molecule has 0 saturated heterocycles. The molecule has 1 atom stereocenters. The summed E-state index contributed by atoms with van der Waals surface area (Å²) >= 11 is 12.1. The molecule has 0 saturated carbocycles. The molecule has 6 heteroatoms. The number of rotatable bonds is 3. The highest BCUT2D eigenvalue weighted by Crippen LogP contribution is 2.27. The van der Waals surface area contributed by atoms with Crippen molar-refractivity contribution in [2.45, 2.75) is 13.0 Å². The lowest BCUT2D eigenvalue weighted by Crippen LogP contribution is -2.10. The molecule has 4 nitrogen and oxygen atoms in total. The van der Waals surface area contributed by atoms with Gasteiger partial charge in [0.1, 0.15) is 5.02 Å². The van der Waals surface area contributed by atoms with Crippen LogP contribution in [0, 0.1) is 0 Å². The molecule has 1 unspecified atom stereocenters. The monoisotopic (exact) mass is 282 g/mol. The second-order valence-electron chi connectivity index (χ2n) is 3.81. The number of nitrogen functional groups attached to an aromatic ring is 1. The lowest BCUT2D eigenvalue weighted by atomic mass is 10.1. The minimum absolute atomic E-state index is 0.0366. The van der Waals surface area contributed by atoms with Gasteiger partial charge in [0.15, 0.2) is 5.82 Å². The molecule has 0 aliphatic heterocycles. The Balaban J connectivity index is 2.24. The van der Waals surface area contributed by atoms with E-state index in [1.165, 1.54) is 6.20 Å². The van der Waals surface area contributed by atoms with E-state index in [9.17, 15) is 0 Å². The maximum absolute atomic E-state index is 6.13. The third-order valence-corrected chi connectivity index (χ3v) is 3.11. The van der Waals surface area contributed by atoms with Gasteiger partial charge in [-0.15, -0.1) is 0 Å². The van der Waals surface area contributed by atoms with E-state index in [0.717, 1.165) is 5.56 Å². The fourth-order valence-corrected chi connectivity index (χ4v) is 2.04. The third-order valence-electron chi connectivity index (χ3n) is 2.49. The van der Waals surface area contributed by atoms with E-state index < -0.39 is 0 Å². The van der Waals surface area contributed by atoms with E-state index >= 15 is 0 Å². The molecule has 1 aromatic carbocycles. The topological polar surface area (TPSA) is 63.8 Å². The molecular formula is C12H12Cl2N4. The highest BCUT2D eigenvalue weighted by molar-refractivity contribution is 6.33. The van der Waals surface area contributed by atoms with Crippen LogP contribution in [0.5, 0.6) is 0 Å². The van der Waals surface area contributed by atoms with Crippen molar-refractivity contribution in [1.82, 2.24) is 9.97 Å². The first-order chi connectivity index (χ1) is 8.58. The van der Waals surface area contributed by atoms with Crippen molar-refractivity contribution in [2.75, 3.05) is 11.1 Å². The van der Waals surface area contributed by atoms with E-state index in [0.29, 0.717) is 15.9 Å². The van der Waals surface area contributed by atoms with Gasteiger partial charge in [-0.25, -0.2) is 4.98 Å². The normalized spacial score (nSPS) is 12.2. The zero-order valence-corrected chi connectivity index (χ0v) is 11.2. The summed E-state index contributed by atoms with van der Waals surface area (Å²) < 4.78 is 0. The van der Waals surface area contributed by atoms with Gasteiger partial charge in [0.2, 0.25) is 5.95 Å². The molecule has 0 fully saturated rings. The number of benzene rings is 1. The molecule has 2 rings (SSSR count). The van der Waals surface area contributed by atoms with Crippen molar-refractivity contribution in [1.29, 1.82) is 0 Å². The molecule has 0 spiro atoms. The Bertz CT molecular complexity index is 560. The SMILES string of the molecule is CC(Nc1nc(N)ncc1Cl)c1ccccc1Cl. The first-order valence-corrected chi connectivity index (χ1v) is 6.12. The van der Waals surface area contributed by atoms with Crippen molar-refractivity contribution in [3.05, 3.63) is 46.1 Å². The molecule has 94 valence electrons. The van der Waals surface area contributed by atoms with Gasteiger partial charge in [-0.05, 0) is 18.6 Å². The van der Waals surface area contributed by atoms with Gasteiger partial charge in [-0.1, -0.05) is 41.4 Å². The number of halogens is 2. The minimum atomic E-state index is -0.0366. The number of aromatic nitrogens is 2. The van der Waals surface area contributed by atoms with E-state index in [1.54, 1.807) is 0 Å². The summed E-state index contributed by atoms with van der Waals surface area (Å²) in [6.07, 6.45) is 1.46. The first-order valence-electron chi connectivity index (χ1n) is 5.37. The first kappa shape index (κ1) is 12.9. The second kappa shape index (κ2) is 5.42. The summed E-state index contributed by atoms with van der Waals surface area (Å²) in [4.78, 5) is 7.85. The zero-order valence-electron chi connectivity index (χ0n) is 9.69. The summed E-state index contributed by atoms with van der Waals surface area (Å²) in [5.74, 6) is 0.671. The van der Waals surface area contributed by atoms with Crippen molar-refractivity contribution < 1.29 is 0 Å². The number of nitrogens with two attached hydrogens (primary N) is 1. The Labute approximate surface area is 115 Å². The maximum Gasteiger partial charge on any atom is 0.222 e. The average molecular weight is 283 g/mol. The lowest BCUT2D eigenvalue weighted by molar-refractivity contribution is 0.873. The van der Waals surface area contributed by atoms with Gasteiger partial charge in [-0.2, -0.15) is 4.98 Å². The maximum atomic E-state index is 6.13. The predicted molar refractivity (Wildman–Crippen MR) is 74.9 cm³/mol. The molecule has 2 aromatic rings. The standard InChI is InChI=1S/C12H12Cl2N4/c1-7(8-4-2-3-5-9(8)13)17-11-10(14)6-16-12(15)18-11/h2-7H,1H3,(H3,15,16,17,18). The number of nitrogens with zero attached hydrogens (tertiary/aromatic N) is 2. The quantitative estimate of drug-likeness (QED) is 0.904. The molecule has 18 heavy (non-hydrogen) atoms. The lowest BCUT2D eigenvalue weighted by Gasteiger charge is -2.17. The van der Waals surface area contributed by atoms with Crippen LogP contribution in [-0.4, -0.2) is 9.97 Å². The van der Waals surface area contributed by atoms with Crippen LogP contribution in [0.15, 0.2) is 30.5 Å². The van der Waals surface area contributed by atoms with Gasteiger partial charge in [0.05, 0.1) is 12.2 Å². The van der Waals surface area contributed by atoms with Crippen LogP contribution in [0.4, 0.5) is 11.8 Å². The number of anilines is 2. The molecule has 0 amide bonds. The summed E-state index contributed by atoms with van der Waals surface area (Å²) in [5.41, 5.74) is 6.49. The Morgan fingerprint density at radius 3 is 2.67 bits per heavy atom. The van der Waals surface area contributed by atoms with Crippen LogP contribution in [-0.2, 0) is 0 Å². The van der Waals surface area contributed by atoms with E-state index in [2.05, 4.69) is 15.3 Å². The summed E-state index contributed by atoms with van der Waals surface area (Å²) in [6.45, 7) is 1.97. The van der Waals surface area contributed by atoms with Gasteiger partial charge < -0.3 is 11.1 Å². The molecule has 1 aromatic heterocycles. The smallest absolute Gasteiger partial charge is 0.222 e. The van der Waals surface area contributed by atoms with Crippen LogP contribution < -0.4 is 11.1 Å². The average Bonchev–Trinajstić information content (AvgIpc) is 2.34. The summed E-state index contributed by atoms with van der Waals surface area (Å²) in [5, 5.41) is 4.27. The molecule has 0 bridgehead atoms. The summed E-state index contributed by atoms with van der Waals surface area (Å²) in [7, 11) is 0. The number of hydrogen-bond donors (Lipinski definition) is 2. The number of hydrogen-bond acceptors (Lipinski definition) is 4. The van der Waals surface area contributed by atoms with E-state index in [4.69, 9.17) is 28.9 Å². The predicted octanol–water partition coefficient (Wildman–Crippen LogP) is 3.54. The summed E-state index contributed by atoms with van der Waals surface area (Å²) in [6, 6.07) is 7.55. The molecule has 0 aliphatic carbocycles. The second-order valence-corrected chi connectivity index (χ2v) is 4.63. The van der Waals surface area contributed by atoms with E-state index in [1.807, 2.05) is 31.2 Å². The van der Waals surface area contributed by atoms with Gasteiger partial charge >= 0.3 is 0 Å². The highest BCUT2D eigenvalue weighted by Gasteiger charge is 2.12. The Hall–Kier alpha value is -1.52. The Morgan fingerprint density at radius 1 is 1.22 bits per heavy atom. The minimum Gasteiger partial charge on any atom is -0.368 e.